The number of thiazole rings is 1. The molecule has 214 valence electrons. The van der Waals surface area contributed by atoms with Crippen molar-refractivity contribution in [3.63, 3.8) is 0 Å². The van der Waals surface area contributed by atoms with Crippen molar-refractivity contribution in [1.29, 1.82) is 0 Å². The summed E-state index contributed by atoms with van der Waals surface area (Å²) in [4.78, 5) is 7.38. The third-order valence-electron chi connectivity index (χ3n) is 8.99. The van der Waals surface area contributed by atoms with Crippen LogP contribution in [0, 0.1) is 17.8 Å². The average Bonchev–Trinajstić information content (AvgIpc) is 3.42. The number of likely N-dealkylation sites (N-methyl/N-ethyl adjacent to an activating group) is 1. The molecule has 0 unspecified atom stereocenters. The third kappa shape index (κ3) is 5.48. The molecule has 0 spiro atoms. The predicted molar refractivity (Wildman–Crippen MR) is 159 cm³/mol. The van der Waals surface area contributed by atoms with E-state index in [9.17, 15) is 8.42 Å². The molecule has 0 amide bonds. The Morgan fingerprint density at radius 2 is 1.52 bits per heavy atom. The Hall–Kier alpha value is -2.62. The number of sulfonamides is 1. The van der Waals surface area contributed by atoms with Crippen LogP contribution in [0.1, 0.15) is 49.8 Å². The van der Waals surface area contributed by atoms with Crippen LogP contribution in [0.4, 0.5) is 5.13 Å². The highest BCUT2D eigenvalue weighted by Gasteiger charge is 2.52. The summed E-state index contributed by atoms with van der Waals surface area (Å²) in [5, 5.41) is 2.67. The van der Waals surface area contributed by atoms with Crippen molar-refractivity contribution < 1.29 is 17.9 Å². The standard InChI is InChI=1S/C31H39N3O4S2/c1-33(2)12-13-38-27-8-10-28(11-9-27)40(35,36)34(20-22-4-6-26(37-3)7-5-22)30-32-29(21-39-30)31-17-23-14-24(18-31)16-25(15-23)19-31/h4-11,21,23-25H,12-20H2,1-3H3. The summed E-state index contributed by atoms with van der Waals surface area (Å²) in [6, 6.07) is 14.3. The van der Waals surface area contributed by atoms with E-state index < -0.39 is 10.0 Å². The molecule has 4 fully saturated rings. The van der Waals surface area contributed by atoms with Crippen molar-refractivity contribution in [1.82, 2.24) is 9.88 Å². The number of hydrogen-bond donors (Lipinski definition) is 0. The maximum Gasteiger partial charge on any atom is 0.266 e. The summed E-state index contributed by atoms with van der Waals surface area (Å²) in [5.41, 5.74) is 2.09. The van der Waals surface area contributed by atoms with Gasteiger partial charge in [-0.05, 0) is 112 Å². The molecule has 0 N–H and O–H groups in total. The van der Waals surface area contributed by atoms with Crippen molar-refractivity contribution in [3.8, 4) is 11.5 Å². The van der Waals surface area contributed by atoms with Gasteiger partial charge in [0.1, 0.15) is 18.1 Å². The maximum atomic E-state index is 14.2. The summed E-state index contributed by atoms with van der Waals surface area (Å²) in [7, 11) is 1.73. The molecule has 0 radical (unpaired) electrons. The summed E-state index contributed by atoms with van der Waals surface area (Å²) >= 11 is 1.45. The molecular formula is C31H39N3O4S2. The molecule has 7 rings (SSSR count). The van der Waals surface area contributed by atoms with Gasteiger partial charge in [-0.15, -0.1) is 11.3 Å². The summed E-state index contributed by atoms with van der Waals surface area (Å²) in [6.45, 7) is 1.52. The molecule has 0 saturated heterocycles. The van der Waals surface area contributed by atoms with Gasteiger partial charge in [0.05, 0.1) is 24.2 Å². The molecule has 4 saturated carbocycles. The van der Waals surface area contributed by atoms with Gasteiger partial charge in [-0.1, -0.05) is 12.1 Å². The highest BCUT2D eigenvalue weighted by atomic mass is 32.2. The van der Waals surface area contributed by atoms with Crippen LogP contribution in [-0.2, 0) is 22.0 Å². The molecule has 4 bridgehead atoms. The second kappa shape index (κ2) is 11.0. The van der Waals surface area contributed by atoms with E-state index in [4.69, 9.17) is 14.5 Å². The molecular weight excluding hydrogens is 542 g/mol. The van der Waals surface area contributed by atoms with E-state index in [2.05, 4.69) is 5.38 Å². The number of anilines is 1. The molecule has 0 atom stereocenters. The van der Waals surface area contributed by atoms with Crippen molar-refractivity contribution in [2.75, 3.05) is 38.7 Å². The van der Waals surface area contributed by atoms with Gasteiger partial charge in [-0.2, -0.15) is 0 Å². The van der Waals surface area contributed by atoms with Gasteiger partial charge >= 0.3 is 0 Å². The monoisotopic (exact) mass is 581 g/mol. The molecule has 7 nitrogen and oxygen atoms in total. The first kappa shape index (κ1) is 27.5. The highest BCUT2D eigenvalue weighted by molar-refractivity contribution is 7.93. The van der Waals surface area contributed by atoms with Crippen LogP contribution in [0.3, 0.4) is 0 Å². The van der Waals surface area contributed by atoms with Crippen molar-refractivity contribution >= 4 is 26.5 Å². The Morgan fingerprint density at radius 1 is 0.925 bits per heavy atom. The number of hydrogen-bond acceptors (Lipinski definition) is 7. The molecule has 3 aromatic rings. The van der Waals surface area contributed by atoms with Gasteiger partial charge in [0.25, 0.3) is 10.0 Å². The van der Waals surface area contributed by atoms with E-state index in [1.54, 1.807) is 31.4 Å². The zero-order chi connectivity index (χ0) is 27.9. The second-order valence-corrected chi connectivity index (χ2v) is 14.9. The van der Waals surface area contributed by atoms with Gasteiger partial charge in [-0.25, -0.2) is 17.7 Å². The Kier molecular flexibility index (Phi) is 7.57. The smallest absolute Gasteiger partial charge is 0.266 e. The predicted octanol–water partition coefficient (Wildman–Crippen LogP) is 5.96. The first-order valence-electron chi connectivity index (χ1n) is 14.2. The van der Waals surface area contributed by atoms with Crippen molar-refractivity contribution in [2.45, 2.75) is 55.4 Å². The number of methoxy groups -OCH3 is 1. The lowest BCUT2D eigenvalue weighted by atomic mass is 9.49. The first-order valence-corrected chi connectivity index (χ1v) is 16.6. The second-order valence-electron chi connectivity index (χ2n) is 12.2. The molecule has 4 aliphatic rings. The van der Waals surface area contributed by atoms with Gasteiger partial charge in [0.15, 0.2) is 5.13 Å². The van der Waals surface area contributed by atoms with Gasteiger partial charge in [0, 0.05) is 17.3 Å². The molecule has 4 aliphatic carbocycles. The molecule has 1 heterocycles. The maximum absolute atomic E-state index is 14.2. The van der Waals surface area contributed by atoms with Crippen LogP contribution in [0.25, 0.3) is 0 Å². The quantitative estimate of drug-likeness (QED) is 0.279. The van der Waals surface area contributed by atoms with Gasteiger partial charge in [-0.3, -0.25) is 0 Å². The number of aromatic nitrogens is 1. The Labute approximate surface area is 242 Å². The number of benzene rings is 2. The fraction of sp³-hybridized carbons (Fsp3) is 0.516. The van der Waals surface area contributed by atoms with E-state index in [0.717, 1.165) is 41.3 Å². The zero-order valence-electron chi connectivity index (χ0n) is 23.6. The van der Waals surface area contributed by atoms with E-state index in [0.29, 0.717) is 17.5 Å². The number of nitrogens with zero attached hydrogens (tertiary/aromatic N) is 3. The largest absolute Gasteiger partial charge is 0.497 e. The summed E-state index contributed by atoms with van der Waals surface area (Å²) in [5.74, 6) is 3.79. The summed E-state index contributed by atoms with van der Waals surface area (Å²) in [6.07, 6.45) is 7.68. The lowest BCUT2D eigenvalue weighted by molar-refractivity contribution is -0.00689. The van der Waals surface area contributed by atoms with Crippen LogP contribution < -0.4 is 13.8 Å². The average molecular weight is 582 g/mol. The minimum absolute atomic E-state index is 0.116. The Balaban J connectivity index is 1.30. The Bertz CT molecular complexity index is 1380. The van der Waals surface area contributed by atoms with E-state index in [1.807, 2.05) is 43.3 Å². The topological polar surface area (TPSA) is 72.0 Å². The van der Waals surface area contributed by atoms with Crippen LogP contribution in [0.5, 0.6) is 11.5 Å². The third-order valence-corrected chi connectivity index (χ3v) is 11.7. The number of rotatable bonds is 11. The van der Waals surface area contributed by atoms with E-state index in [1.165, 1.54) is 54.2 Å². The molecule has 0 aliphatic heterocycles. The molecule has 2 aromatic carbocycles. The fourth-order valence-electron chi connectivity index (χ4n) is 7.38. The fourth-order valence-corrected chi connectivity index (χ4v) is 9.96. The van der Waals surface area contributed by atoms with Crippen LogP contribution in [0.2, 0.25) is 0 Å². The Morgan fingerprint density at radius 3 is 2.10 bits per heavy atom. The van der Waals surface area contributed by atoms with Crippen molar-refractivity contribution in [2.24, 2.45) is 17.8 Å². The lowest BCUT2D eigenvalue weighted by Gasteiger charge is -2.56. The SMILES string of the molecule is COc1ccc(CN(c2nc(C34CC5CC(CC(C5)C3)C4)cs2)S(=O)(=O)c2ccc(OCCN(C)C)cc2)cc1. The minimum Gasteiger partial charge on any atom is -0.497 e. The van der Waals surface area contributed by atoms with Gasteiger partial charge < -0.3 is 14.4 Å². The van der Waals surface area contributed by atoms with E-state index in [-0.39, 0.29) is 16.9 Å². The molecule has 40 heavy (non-hydrogen) atoms. The molecule has 1 aromatic heterocycles. The normalized spacial score (nSPS) is 25.4. The first-order chi connectivity index (χ1) is 19.2. The summed E-state index contributed by atoms with van der Waals surface area (Å²) < 4.78 is 40.9. The van der Waals surface area contributed by atoms with Gasteiger partial charge in [0.2, 0.25) is 0 Å². The van der Waals surface area contributed by atoms with Crippen LogP contribution in [0.15, 0.2) is 58.8 Å². The molecule has 9 heteroatoms. The minimum atomic E-state index is -3.88. The number of ether oxygens (including phenoxy) is 2. The van der Waals surface area contributed by atoms with Crippen LogP contribution >= 0.6 is 11.3 Å². The van der Waals surface area contributed by atoms with Crippen LogP contribution in [-0.4, -0.2) is 52.7 Å². The van der Waals surface area contributed by atoms with Crippen molar-refractivity contribution in [3.05, 3.63) is 65.2 Å². The van der Waals surface area contributed by atoms with E-state index >= 15 is 0 Å². The highest BCUT2D eigenvalue weighted by Crippen LogP contribution is 2.60. The zero-order valence-corrected chi connectivity index (χ0v) is 25.2. The lowest BCUT2D eigenvalue weighted by Crippen LogP contribution is -2.48.